The Hall–Kier alpha value is -2.77. The van der Waals surface area contributed by atoms with Gasteiger partial charge in [0.15, 0.2) is 0 Å². The number of carbonyl (C=O) groups excluding carboxylic acids is 3. The standard InChI is InChI=1S/C20H30N2O6/c1-14(2)16(22-19(25)27-13-15-9-7-6-8-10-15)17(23)26-12-11-21-18(24)28-20(3,4)5/h6-10,14,16H,11-13H2,1-5H3,(H,21,24)(H,22,25)/t16-/m0/s1. The zero-order valence-corrected chi connectivity index (χ0v) is 17.1. The first-order valence-electron chi connectivity index (χ1n) is 9.19. The van der Waals surface area contributed by atoms with Gasteiger partial charge < -0.3 is 24.8 Å². The highest BCUT2D eigenvalue weighted by Gasteiger charge is 2.26. The van der Waals surface area contributed by atoms with Gasteiger partial charge in [0.25, 0.3) is 0 Å². The van der Waals surface area contributed by atoms with E-state index in [-0.39, 0.29) is 25.7 Å². The molecule has 156 valence electrons. The number of hydrogen-bond acceptors (Lipinski definition) is 6. The zero-order chi connectivity index (χ0) is 21.2. The van der Waals surface area contributed by atoms with E-state index in [1.54, 1.807) is 34.6 Å². The minimum atomic E-state index is -0.857. The Morgan fingerprint density at radius 2 is 1.64 bits per heavy atom. The molecule has 0 aliphatic heterocycles. The molecule has 0 heterocycles. The number of ether oxygens (including phenoxy) is 3. The predicted octanol–water partition coefficient (Wildman–Crippen LogP) is 3.01. The highest BCUT2D eigenvalue weighted by atomic mass is 16.6. The van der Waals surface area contributed by atoms with E-state index < -0.39 is 29.8 Å². The molecule has 0 aliphatic rings. The largest absolute Gasteiger partial charge is 0.462 e. The lowest BCUT2D eigenvalue weighted by molar-refractivity contribution is -0.147. The van der Waals surface area contributed by atoms with Gasteiger partial charge in [-0.1, -0.05) is 44.2 Å². The van der Waals surface area contributed by atoms with Crippen molar-refractivity contribution in [2.75, 3.05) is 13.2 Å². The first-order valence-corrected chi connectivity index (χ1v) is 9.19. The van der Waals surface area contributed by atoms with Crippen LogP contribution in [0.2, 0.25) is 0 Å². The molecule has 0 bridgehead atoms. The van der Waals surface area contributed by atoms with Gasteiger partial charge in [-0.05, 0) is 32.3 Å². The summed E-state index contributed by atoms with van der Waals surface area (Å²) in [5.41, 5.74) is 0.239. The van der Waals surface area contributed by atoms with Gasteiger partial charge in [-0.3, -0.25) is 0 Å². The fourth-order valence-corrected chi connectivity index (χ4v) is 2.10. The third-order valence-electron chi connectivity index (χ3n) is 3.42. The van der Waals surface area contributed by atoms with E-state index >= 15 is 0 Å². The van der Waals surface area contributed by atoms with Crippen molar-refractivity contribution in [2.45, 2.75) is 52.9 Å². The van der Waals surface area contributed by atoms with Gasteiger partial charge >= 0.3 is 18.2 Å². The lowest BCUT2D eigenvalue weighted by Crippen LogP contribution is -2.46. The fraction of sp³-hybridized carbons (Fsp3) is 0.550. The molecule has 0 radical (unpaired) electrons. The Morgan fingerprint density at radius 1 is 1.00 bits per heavy atom. The summed E-state index contributed by atoms with van der Waals surface area (Å²) in [6.45, 7) is 8.98. The maximum absolute atomic E-state index is 12.2. The van der Waals surface area contributed by atoms with Gasteiger partial charge in [0.1, 0.15) is 24.9 Å². The Labute approximate surface area is 165 Å². The molecule has 2 N–H and O–H groups in total. The molecule has 0 saturated heterocycles. The van der Waals surface area contributed by atoms with E-state index in [4.69, 9.17) is 14.2 Å². The normalized spacial score (nSPS) is 12.1. The third kappa shape index (κ3) is 9.80. The van der Waals surface area contributed by atoms with Gasteiger partial charge in [-0.2, -0.15) is 0 Å². The molecule has 1 atom stereocenters. The second-order valence-corrected chi connectivity index (χ2v) is 7.52. The SMILES string of the molecule is CC(C)[C@H](NC(=O)OCc1ccccc1)C(=O)OCCNC(=O)OC(C)(C)C. The smallest absolute Gasteiger partial charge is 0.408 e. The number of carbonyl (C=O) groups is 3. The molecule has 0 saturated carbocycles. The van der Waals surface area contributed by atoms with E-state index in [9.17, 15) is 14.4 Å². The van der Waals surface area contributed by atoms with Crippen molar-refractivity contribution < 1.29 is 28.6 Å². The summed E-state index contributed by atoms with van der Waals surface area (Å²) in [7, 11) is 0. The number of hydrogen-bond donors (Lipinski definition) is 2. The third-order valence-corrected chi connectivity index (χ3v) is 3.42. The lowest BCUT2D eigenvalue weighted by Gasteiger charge is -2.21. The monoisotopic (exact) mass is 394 g/mol. The summed E-state index contributed by atoms with van der Waals surface area (Å²) >= 11 is 0. The molecule has 0 spiro atoms. The second kappa shape index (κ2) is 11.2. The number of nitrogens with one attached hydrogen (secondary N) is 2. The van der Waals surface area contributed by atoms with E-state index in [2.05, 4.69) is 10.6 Å². The second-order valence-electron chi connectivity index (χ2n) is 7.52. The number of alkyl carbamates (subject to hydrolysis) is 2. The van der Waals surface area contributed by atoms with Crippen LogP contribution in [0.25, 0.3) is 0 Å². The van der Waals surface area contributed by atoms with Gasteiger partial charge in [-0.25, -0.2) is 14.4 Å². The van der Waals surface area contributed by atoms with E-state index in [1.807, 2.05) is 30.3 Å². The van der Waals surface area contributed by atoms with E-state index in [0.29, 0.717) is 0 Å². The van der Waals surface area contributed by atoms with Crippen LogP contribution in [0.1, 0.15) is 40.2 Å². The van der Waals surface area contributed by atoms with Crippen LogP contribution in [0.4, 0.5) is 9.59 Å². The van der Waals surface area contributed by atoms with Gasteiger partial charge in [0, 0.05) is 0 Å². The van der Waals surface area contributed by atoms with Crippen LogP contribution >= 0.6 is 0 Å². The van der Waals surface area contributed by atoms with Crippen molar-refractivity contribution in [1.82, 2.24) is 10.6 Å². The van der Waals surface area contributed by atoms with Crippen LogP contribution in [0.5, 0.6) is 0 Å². The molecule has 0 aliphatic carbocycles. The molecule has 1 aromatic rings. The van der Waals surface area contributed by atoms with Crippen molar-refractivity contribution in [1.29, 1.82) is 0 Å². The van der Waals surface area contributed by atoms with Gasteiger partial charge in [-0.15, -0.1) is 0 Å². The predicted molar refractivity (Wildman–Crippen MR) is 104 cm³/mol. The van der Waals surface area contributed by atoms with Crippen LogP contribution in [0.3, 0.4) is 0 Å². The molecular weight excluding hydrogens is 364 g/mol. The molecule has 8 nitrogen and oxygen atoms in total. The lowest BCUT2D eigenvalue weighted by atomic mass is 10.1. The highest BCUT2D eigenvalue weighted by Crippen LogP contribution is 2.07. The molecule has 0 aromatic heterocycles. The summed E-state index contributed by atoms with van der Waals surface area (Å²) in [4.78, 5) is 35.7. The molecule has 1 aromatic carbocycles. The van der Waals surface area contributed by atoms with Crippen LogP contribution in [0.15, 0.2) is 30.3 Å². The van der Waals surface area contributed by atoms with E-state index in [1.165, 1.54) is 0 Å². The Bertz CT molecular complexity index is 640. The molecule has 2 amide bonds. The van der Waals surface area contributed by atoms with Crippen LogP contribution in [-0.2, 0) is 25.6 Å². The van der Waals surface area contributed by atoms with Crippen LogP contribution in [0, 0.1) is 5.92 Å². The number of amides is 2. The minimum Gasteiger partial charge on any atom is -0.462 e. The molecular formula is C20H30N2O6. The van der Waals surface area contributed by atoms with Crippen LogP contribution in [-0.4, -0.2) is 43.0 Å². The van der Waals surface area contributed by atoms with Crippen molar-refractivity contribution in [3.63, 3.8) is 0 Å². The quantitative estimate of drug-likeness (QED) is 0.399. The maximum Gasteiger partial charge on any atom is 0.408 e. The minimum absolute atomic E-state index is 0.0396. The topological polar surface area (TPSA) is 103 Å². The maximum atomic E-state index is 12.2. The highest BCUT2D eigenvalue weighted by molar-refractivity contribution is 5.81. The summed E-state index contributed by atoms with van der Waals surface area (Å²) in [6, 6.07) is 8.36. The molecule has 0 fully saturated rings. The Morgan fingerprint density at radius 3 is 2.21 bits per heavy atom. The van der Waals surface area contributed by atoms with Gasteiger partial charge in [0.05, 0.1) is 6.54 Å². The zero-order valence-electron chi connectivity index (χ0n) is 17.1. The molecule has 8 heteroatoms. The summed E-state index contributed by atoms with van der Waals surface area (Å²) in [5.74, 6) is -0.798. The van der Waals surface area contributed by atoms with Crippen molar-refractivity contribution in [2.24, 2.45) is 5.92 Å². The number of esters is 1. The first-order chi connectivity index (χ1) is 13.1. The van der Waals surface area contributed by atoms with Gasteiger partial charge in [0.2, 0.25) is 0 Å². The van der Waals surface area contributed by atoms with Crippen molar-refractivity contribution >= 4 is 18.2 Å². The molecule has 28 heavy (non-hydrogen) atoms. The summed E-state index contributed by atoms with van der Waals surface area (Å²) in [5, 5.41) is 5.01. The molecule has 1 rings (SSSR count). The average molecular weight is 394 g/mol. The van der Waals surface area contributed by atoms with Crippen molar-refractivity contribution in [3.8, 4) is 0 Å². The summed E-state index contributed by atoms with van der Waals surface area (Å²) < 4.78 is 15.3. The average Bonchev–Trinajstić information content (AvgIpc) is 2.60. The first kappa shape index (κ1) is 23.3. The number of rotatable bonds is 8. The Kier molecular flexibility index (Phi) is 9.27. The summed E-state index contributed by atoms with van der Waals surface area (Å²) in [6.07, 6.45) is -1.29. The number of benzene rings is 1. The molecule has 0 unspecified atom stereocenters. The Balaban J connectivity index is 2.38. The van der Waals surface area contributed by atoms with Crippen LogP contribution < -0.4 is 10.6 Å². The van der Waals surface area contributed by atoms with E-state index in [0.717, 1.165) is 5.56 Å². The van der Waals surface area contributed by atoms with Crippen molar-refractivity contribution in [3.05, 3.63) is 35.9 Å². The fourth-order valence-electron chi connectivity index (χ4n) is 2.10.